The summed E-state index contributed by atoms with van der Waals surface area (Å²) in [5.74, 6) is 0.842. The topological polar surface area (TPSA) is 37.3 Å². The van der Waals surface area contributed by atoms with Crippen LogP contribution in [0.3, 0.4) is 0 Å². The molecule has 1 amide bonds. The van der Waals surface area contributed by atoms with Crippen molar-refractivity contribution in [1.82, 2.24) is 14.8 Å². The van der Waals surface area contributed by atoms with E-state index in [4.69, 9.17) is 11.6 Å². The van der Waals surface area contributed by atoms with Crippen LogP contribution in [-0.4, -0.2) is 42.1 Å². The van der Waals surface area contributed by atoms with Gasteiger partial charge in [0.1, 0.15) is 5.69 Å². The van der Waals surface area contributed by atoms with Crippen LogP contribution in [0.4, 0.5) is 0 Å². The lowest BCUT2D eigenvalue weighted by Crippen LogP contribution is -2.41. The van der Waals surface area contributed by atoms with Crippen molar-refractivity contribution in [2.45, 2.75) is 31.7 Å². The van der Waals surface area contributed by atoms with Gasteiger partial charge in [-0.25, -0.2) is 0 Å². The molecule has 2 aliphatic rings. The highest BCUT2D eigenvalue weighted by Gasteiger charge is 2.30. The highest BCUT2D eigenvalue weighted by Crippen LogP contribution is 2.37. The Morgan fingerprint density at radius 1 is 1.35 bits per heavy atom. The second-order valence-corrected chi connectivity index (χ2v) is 6.41. The Balaban J connectivity index is 1.67. The van der Waals surface area contributed by atoms with Gasteiger partial charge in [-0.05, 0) is 51.3 Å². The van der Waals surface area contributed by atoms with Gasteiger partial charge in [-0.3, -0.25) is 4.79 Å². The van der Waals surface area contributed by atoms with E-state index in [1.54, 1.807) is 0 Å². The molecule has 0 aromatic carbocycles. The van der Waals surface area contributed by atoms with E-state index in [0.717, 1.165) is 51.0 Å². The Hall–Kier alpha value is -1.00. The van der Waals surface area contributed by atoms with Gasteiger partial charge in [0.2, 0.25) is 0 Å². The number of carbonyl (C=O) groups is 1. The van der Waals surface area contributed by atoms with Crippen LogP contribution in [-0.2, 0) is 0 Å². The molecule has 110 valence electrons. The number of halogens is 1. The first-order valence-corrected chi connectivity index (χ1v) is 7.88. The summed E-state index contributed by atoms with van der Waals surface area (Å²) in [6.07, 6.45) is 6.40. The Labute approximate surface area is 125 Å². The molecule has 0 bridgehead atoms. The van der Waals surface area contributed by atoms with Crippen molar-refractivity contribution in [2.24, 2.45) is 5.92 Å². The average molecular weight is 296 g/mol. The van der Waals surface area contributed by atoms with E-state index in [1.165, 1.54) is 0 Å². The molecule has 1 N–H and O–H groups in total. The maximum absolute atomic E-state index is 12.7. The molecule has 0 radical (unpaired) electrons. The lowest BCUT2D eigenvalue weighted by atomic mass is 9.96. The third-order valence-corrected chi connectivity index (χ3v) is 4.58. The molecule has 1 aromatic rings. The zero-order chi connectivity index (χ0) is 14.1. The molecule has 4 nitrogen and oxygen atoms in total. The summed E-state index contributed by atoms with van der Waals surface area (Å²) in [7, 11) is 1.99. The fraction of sp³-hybridized carbons (Fsp3) is 0.667. The number of hydrogen-bond acceptors (Lipinski definition) is 2. The van der Waals surface area contributed by atoms with Gasteiger partial charge in [-0.2, -0.15) is 0 Å². The minimum atomic E-state index is 0.145. The predicted octanol–water partition coefficient (Wildman–Crippen LogP) is 2.55. The maximum Gasteiger partial charge on any atom is 0.270 e. The molecule has 1 aliphatic carbocycles. The third kappa shape index (κ3) is 2.86. The van der Waals surface area contributed by atoms with Crippen LogP contribution in [0.5, 0.6) is 0 Å². The van der Waals surface area contributed by atoms with Gasteiger partial charge in [0, 0.05) is 25.3 Å². The zero-order valence-electron chi connectivity index (χ0n) is 11.9. The van der Waals surface area contributed by atoms with Gasteiger partial charge in [0.25, 0.3) is 5.91 Å². The van der Waals surface area contributed by atoms with Crippen molar-refractivity contribution >= 4 is 17.5 Å². The summed E-state index contributed by atoms with van der Waals surface area (Å²) in [6, 6.07) is 2.31. The van der Waals surface area contributed by atoms with Crippen LogP contribution in [0, 0.1) is 5.92 Å². The van der Waals surface area contributed by atoms with E-state index >= 15 is 0 Å². The summed E-state index contributed by atoms with van der Waals surface area (Å²) in [6.45, 7) is 2.77. The maximum atomic E-state index is 12.7. The monoisotopic (exact) mass is 295 g/mol. The number of piperidine rings is 1. The number of nitrogens with one attached hydrogen (secondary N) is 1. The highest BCUT2D eigenvalue weighted by atomic mass is 35.5. The van der Waals surface area contributed by atoms with Gasteiger partial charge in [0.15, 0.2) is 0 Å². The van der Waals surface area contributed by atoms with Crippen molar-refractivity contribution in [2.75, 3.05) is 26.7 Å². The molecule has 20 heavy (non-hydrogen) atoms. The van der Waals surface area contributed by atoms with Crippen LogP contribution >= 0.6 is 11.6 Å². The number of rotatable bonds is 4. The molecule has 0 spiro atoms. The molecular formula is C15H22ClN3O. The SMILES string of the molecule is CNCC1CCN(C(=O)c2cc(Cl)cn2C2CC2)CC1. The van der Waals surface area contributed by atoms with E-state index in [9.17, 15) is 4.79 Å². The Morgan fingerprint density at radius 2 is 2.05 bits per heavy atom. The number of carbonyl (C=O) groups excluding carboxylic acids is 1. The molecule has 1 saturated heterocycles. The predicted molar refractivity (Wildman–Crippen MR) is 80.3 cm³/mol. The first-order chi connectivity index (χ1) is 9.69. The van der Waals surface area contributed by atoms with E-state index in [2.05, 4.69) is 9.88 Å². The molecule has 5 heteroatoms. The first-order valence-electron chi connectivity index (χ1n) is 7.50. The van der Waals surface area contributed by atoms with Gasteiger partial charge < -0.3 is 14.8 Å². The number of hydrogen-bond donors (Lipinski definition) is 1. The van der Waals surface area contributed by atoms with Crippen LogP contribution < -0.4 is 5.32 Å². The van der Waals surface area contributed by atoms with Crippen LogP contribution in [0.1, 0.15) is 42.2 Å². The quantitative estimate of drug-likeness (QED) is 0.927. The van der Waals surface area contributed by atoms with Crippen LogP contribution in [0.15, 0.2) is 12.3 Å². The molecule has 3 rings (SSSR count). The third-order valence-electron chi connectivity index (χ3n) is 4.37. The Bertz CT molecular complexity index is 487. The smallest absolute Gasteiger partial charge is 0.270 e. The highest BCUT2D eigenvalue weighted by molar-refractivity contribution is 6.31. The number of likely N-dealkylation sites (tertiary alicyclic amines) is 1. The minimum Gasteiger partial charge on any atom is -0.339 e. The van der Waals surface area contributed by atoms with E-state index in [-0.39, 0.29) is 5.91 Å². The van der Waals surface area contributed by atoms with Crippen molar-refractivity contribution in [3.63, 3.8) is 0 Å². The molecule has 2 fully saturated rings. The van der Waals surface area contributed by atoms with E-state index in [0.29, 0.717) is 17.0 Å². The lowest BCUT2D eigenvalue weighted by molar-refractivity contribution is 0.0680. The second-order valence-electron chi connectivity index (χ2n) is 5.98. The summed E-state index contributed by atoms with van der Waals surface area (Å²) in [5, 5.41) is 3.90. The van der Waals surface area contributed by atoms with Crippen molar-refractivity contribution < 1.29 is 4.79 Å². The molecule has 1 aliphatic heterocycles. The van der Waals surface area contributed by atoms with Crippen molar-refractivity contribution in [3.8, 4) is 0 Å². The molecule has 0 unspecified atom stereocenters. The summed E-state index contributed by atoms with van der Waals surface area (Å²) >= 11 is 6.08. The summed E-state index contributed by atoms with van der Waals surface area (Å²) in [4.78, 5) is 14.6. The minimum absolute atomic E-state index is 0.145. The zero-order valence-corrected chi connectivity index (χ0v) is 12.7. The van der Waals surface area contributed by atoms with Gasteiger partial charge in [-0.15, -0.1) is 0 Å². The molecule has 0 atom stereocenters. The summed E-state index contributed by atoms with van der Waals surface area (Å²) in [5.41, 5.74) is 0.768. The van der Waals surface area contributed by atoms with Crippen LogP contribution in [0.25, 0.3) is 0 Å². The largest absolute Gasteiger partial charge is 0.339 e. The Kier molecular flexibility index (Phi) is 4.03. The first kappa shape index (κ1) is 14.0. The fourth-order valence-electron chi connectivity index (χ4n) is 3.06. The average Bonchev–Trinajstić information content (AvgIpc) is 3.22. The Morgan fingerprint density at radius 3 is 2.65 bits per heavy atom. The molecule has 1 aromatic heterocycles. The van der Waals surface area contributed by atoms with Gasteiger partial charge in [0.05, 0.1) is 5.02 Å². The fourth-order valence-corrected chi connectivity index (χ4v) is 3.27. The van der Waals surface area contributed by atoms with E-state index in [1.807, 2.05) is 24.2 Å². The standard InChI is InChI=1S/C15H22ClN3O/c1-17-9-11-4-6-18(7-5-11)15(20)14-8-12(16)10-19(14)13-2-3-13/h8,10-11,13,17H,2-7,9H2,1H3. The van der Waals surface area contributed by atoms with Crippen molar-refractivity contribution in [3.05, 3.63) is 23.0 Å². The number of aromatic nitrogens is 1. The van der Waals surface area contributed by atoms with E-state index < -0.39 is 0 Å². The number of nitrogens with zero attached hydrogens (tertiary/aromatic N) is 2. The molecule has 2 heterocycles. The van der Waals surface area contributed by atoms with Gasteiger partial charge in [-0.1, -0.05) is 11.6 Å². The molecule has 1 saturated carbocycles. The van der Waals surface area contributed by atoms with Crippen LogP contribution in [0.2, 0.25) is 5.02 Å². The van der Waals surface area contributed by atoms with Gasteiger partial charge >= 0.3 is 0 Å². The molecular weight excluding hydrogens is 274 g/mol. The lowest BCUT2D eigenvalue weighted by Gasteiger charge is -2.32. The summed E-state index contributed by atoms with van der Waals surface area (Å²) < 4.78 is 2.07. The normalized spacial score (nSPS) is 20.4. The van der Waals surface area contributed by atoms with Crippen molar-refractivity contribution in [1.29, 1.82) is 0 Å². The second kappa shape index (κ2) is 5.78. The number of amides is 1.